The van der Waals surface area contributed by atoms with Gasteiger partial charge in [-0.15, -0.1) is 0 Å². The van der Waals surface area contributed by atoms with Crippen molar-refractivity contribution in [3.05, 3.63) is 41.6 Å². The number of fused-ring (bicyclic) bond motifs is 4. The minimum atomic E-state index is 0.0232. The van der Waals surface area contributed by atoms with Gasteiger partial charge in [0.05, 0.1) is 11.1 Å². The summed E-state index contributed by atoms with van der Waals surface area (Å²) >= 11 is 0. The molecule has 0 saturated carbocycles. The molecule has 0 spiro atoms. The summed E-state index contributed by atoms with van der Waals surface area (Å²) in [5.74, 6) is 0.660. The Hall–Kier alpha value is -1.94. The van der Waals surface area contributed by atoms with Crippen LogP contribution in [-0.4, -0.2) is 41.5 Å². The molecule has 5 rings (SSSR count). The molecule has 1 unspecified atom stereocenters. The van der Waals surface area contributed by atoms with Gasteiger partial charge in [-0.1, -0.05) is 25.1 Å². The van der Waals surface area contributed by atoms with Crippen molar-refractivity contribution < 1.29 is 4.79 Å². The van der Waals surface area contributed by atoms with Crippen molar-refractivity contribution in [2.75, 3.05) is 19.6 Å². The maximum atomic E-state index is 12.8. The predicted octanol–water partition coefficient (Wildman–Crippen LogP) is 2.62. The second-order valence-electron chi connectivity index (χ2n) is 6.75. The van der Waals surface area contributed by atoms with Gasteiger partial charge in [0.2, 0.25) is 0 Å². The van der Waals surface area contributed by atoms with E-state index in [-0.39, 0.29) is 11.9 Å². The average Bonchev–Trinajstić information content (AvgIpc) is 2.61. The van der Waals surface area contributed by atoms with E-state index in [0.717, 1.165) is 29.6 Å². The van der Waals surface area contributed by atoms with Gasteiger partial charge >= 0.3 is 0 Å². The number of aryl methyl sites for hydroxylation is 1. The summed E-state index contributed by atoms with van der Waals surface area (Å²) in [6.45, 7) is 5.46. The van der Waals surface area contributed by atoms with Crippen LogP contribution < -0.4 is 5.32 Å². The molecule has 23 heavy (non-hydrogen) atoms. The Labute approximate surface area is 136 Å². The fraction of sp³-hybridized carbons (Fsp3) is 0.474. The molecule has 1 atom stereocenters. The molecular formula is C19H23N3O. The lowest BCUT2D eigenvalue weighted by atomic mass is 9.84. The third-order valence-electron chi connectivity index (χ3n) is 5.36. The van der Waals surface area contributed by atoms with Crippen LogP contribution in [0.5, 0.6) is 0 Å². The summed E-state index contributed by atoms with van der Waals surface area (Å²) in [5, 5.41) is 4.31. The number of para-hydroxylation sites is 1. The van der Waals surface area contributed by atoms with Crippen LogP contribution >= 0.6 is 0 Å². The van der Waals surface area contributed by atoms with Crippen molar-refractivity contribution in [1.82, 2.24) is 15.2 Å². The molecular weight excluding hydrogens is 286 g/mol. The first-order chi connectivity index (χ1) is 11.2. The monoisotopic (exact) mass is 309 g/mol. The Morgan fingerprint density at radius 2 is 2.09 bits per heavy atom. The number of pyridine rings is 1. The van der Waals surface area contributed by atoms with Gasteiger partial charge in [0.25, 0.3) is 5.91 Å². The van der Waals surface area contributed by atoms with Crippen LogP contribution in [-0.2, 0) is 6.42 Å². The fourth-order valence-corrected chi connectivity index (χ4v) is 3.94. The Kier molecular flexibility index (Phi) is 3.77. The number of amides is 1. The summed E-state index contributed by atoms with van der Waals surface area (Å²) in [4.78, 5) is 20.0. The predicted molar refractivity (Wildman–Crippen MR) is 91.5 cm³/mol. The van der Waals surface area contributed by atoms with E-state index in [0.29, 0.717) is 11.5 Å². The molecule has 3 fully saturated rings. The molecule has 4 nitrogen and oxygen atoms in total. The molecule has 1 aromatic carbocycles. The van der Waals surface area contributed by atoms with Crippen LogP contribution in [0.2, 0.25) is 0 Å². The summed E-state index contributed by atoms with van der Waals surface area (Å²) in [5.41, 5.74) is 2.56. The van der Waals surface area contributed by atoms with Crippen LogP contribution in [0.1, 0.15) is 35.8 Å². The average molecular weight is 309 g/mol. The molecule has 0 radical (unpaired) electrons. The Morgan fingerprint density at radius 1 is 1.26 bits per heavy atom. The number of piperidine rings is 3. The Balaban J connectivity index is 1.62. The molecule has 2 bridgehead atoms. The Bertz CT molecular complexity index is 734. The van der Waals surface area contributed by atoms with Gasteiger partial charge in [-0.25, -0.2) is 0 Å². The molecule has 1 aromatic heterocycles. The highest BCUT2D eigenvalue weighted by Crippen LogP contribution is 2.28. The number of rotatable bonds is 3. The van der Waals surface area contributed by atoms with Gasteiger partial charge in [0, 0.05) is 23.7 Å². The van der Waals surface area contributed by atoms with Gasteiger partial charge in [-0.05, 0) is 50.4 Å². The first kappa shape index (κ1) is 14.6. The smallest absolute Gasteiger partial charge is 0.253 e. The molecule has 120 valence electrons. The number of aromatic nitrogens is 1. The summed E-state index contributed by atoms with van der Waals surface area (Å²) in [6.07, 6.45) is 3.29. The summed E-state index contributed by atoms with van der Waals surface area (Å²) < 4.78 is 0. The van der Waals surface area contributed by atoms with E-state index in [1.54, 1.807) is 0 Å². The highest BCUT2D eigenvalue weighted by Gasteiger charge is 2.35. The van der Waals surface area contributed by atoms with E-state index < -0.39 is 0 Å². The number of nitrogens with one attached hydrogen (secondary N) is 1. The maximum absolute atomic E-state index is 12.8. The summed E-state index contributed by atoms with van der Waals surface area (Å²) in [6, 6.07) is 10.2. The number of nitrogens with zero attached hydrogens (tertiary/aromatic N) is 2. The number of hydrogen-bond acceptors (Lipinski definition) is 3. The van der Waals surface area contributed by atoms with Crippen LogP contribution in [0, 0.1) is 5.92 Å². The van der Waals surface area contributed by atoms with Crippen molar-refractivity contribution in [3.8, 4) is 0 Å². The normalized spacial score (nSPS) is 26.4. The van der Waals surface area contributed by atoms with E-state index in [4.69, 9.17) is 0 Å². The third-order valence-corrected chi connectivity index (χ3v) is 5.36. The first-order valence-corrected chi connectivity index (χ1v) is 8.66. The molecule has 4 heteroatoms. The standard InChI is InChI=1S/C19H23N3O/c1-2-15-7-6-14-4-3-5-16(18(14)20-15)19(23)21-17-12-22-10-8-13(17)9-11-22/h3-7,13,17H,2,8-12H2,1H3,(H,21,23). The zero-order valence-electron chi connectivity index (χ0n) is 13.6. The molecule has 3 aliphatic rings. The first-order valence-electron chi connectivity index (χ1n) is 8.66. The van der Waals surface area contributed by atoms with E-state index in [1.165, 1.54) is 25.9 Å². The molecule has 2 aromatic rings. The Morgan fingerprint density at radius 3 is 2.78 bits per heavy atom. The van der Waals surface area contributed by atoms with E-state index >= 15 is 0 Å². The van der Waals surface area contributed by atoms with Crippen molar-refractivity contribution in [3.63, 3.8) is 0 Å². The van der Waals surface area contributed by atoms with Crippen LogP contribution in [0.15, 0.2) is 30.3 Å². The lowest BCUT2D eigenvalue weighted by Crippen LogP contribution is -2.57. The van der Waals surface area contributed by atoms with E-state index in [1.807, 2.05) is 24.3 Å². The number of benzene rings is 1. The summed E-state index contributed by atoms with van der Waals surface area (Å²) in [7, 11) is 0. The van der Waals surface area contributed by atoms with E-state index in [2.05, 4.69) is 28.2 Å². The van der Waals surface area contributed by atoms with Crippen molar-refractivity contribution >= 4 is 16.8 Å². The molecule has 3 saturated heterocycles. The second kappa shape index (κ2) is 5.93. The van der Waals surface area contributed by atoms with Gasteiger partial charge in [-0.3, -0.25) is 9.78 Å². The van der Waals surface area contributed by atoms with Crippen LogP contribution in [0.25, 0.3) is 10.9 Å². The maximum Gasteiger partial charge on any atom is 0.253 e. The van der Waals surface area contributed by atoms with E-state index in [9.17, 15) is 4.79 Å². The zero-order valence-corrected chi connectivity index (χ0v) is 13.6. The number of hydrogen-bond donors (Lipinski definition) is 1. The van der Waals surface area contributed by atoms with Crippen LogP contribution in [0.3, 0.4) is 0 Å². The zero-order chi connectivity index (χ0) is 15.8. The highest BCUT2D eigenvalue weighted by atomic mass is 16.1. The lowest BCUT2D eigenvalue weighted by Gasteiger charge is -2.44. The minimum Gasteiger partial charge on any atom is -0.348 e. The largest absolute Gasteiger partial charge is 0.348 e. The SMILES string of the molecule is CCc1ccc2cccc(C(=O)NC3CN4CCC3CC4)c2n1. The number of carbonyl (C=O) groups is 1. The topological polar surface area (TPSA) is 45.2 Å². The quantitative estimate of drug-likeness (QED) is 0.948. The minimum absolute atomic E-state index is 0.0232. The fourth-order valence-electron chi connectivity index (χ4n) is 3.94. The third kappa shape index (κ3) is 2.72. The molecule has 4 heterocycles. The molecule has 1 N–H and O–H groups in total. The van der Waals surface area contributed by atoms with Gasteiger partial charge in [-0.2, -0.15) is 0 Å². The lowest BCUT2D eigenvalue weighted by molar-refractivity contribution is 0.0621. The highest BCUT2D eigenvalue weighted by molar-refractivity contribution is 6.05. The van der Waals surface area contributed by atoms with Crippen molar-refractivity contribution in [2.45, 2.75) is 32.2 Å². The van der Waals surface area contributed by atoms with Crippen molar-refractivity contribution in [2.24, 2.45) is 5.92 Å². The number of carbonyl (C=O) groups excluding carboxylic acids is 1. The van der Waals surface area contributed by atoms with Crippen molar-refractivity contribution in [1.29, 1.82) is 0 Å². The van der Waals surface area contributed by atoms with Gasteiger partial charge in [0.1, 0.15) is 0 Å². The molecule has 1 amide bonds. The second-order valence-corrected chi connectivity index (χ2v) is 6.75. The van der Waals surface area contributed by atoms with Gasteiger partial charge in [0.15, 0.2) is 0 Å². The molecule has 0 aliphatic carbocycles. The van der Waals surface area contributed by atoms with Crippen LogP contribution in [0.4, 0.5) is 0 Å². The molecule has 3 aliphatic heterocycles. The van der Waals surface area contributed by atoms with Gasteiger partial charge < -0.3 is 10.2 Å².